The van der Waals surface area contributed by atoms with Crippen molar-refractivity contribution in [3.05, 3.63) is 29.3 Å². The highest BCUT2D eigenvalue weighted by Crippen LogP contribution is 2.27. The molecule has 5 nitrogen and oxygen atoms in total. The quantitative estimate of drug-likeness (QED) is 0.703. The summed E-state index contributed by atoms with van der Waals surface area (Å²) in [4.78, 5) is 23.0. The van der Waals surface area contributed by atoms with Crippen LogP contribution in [0.3, 0.4) is 0 Å². The summed E-state index contributed by atoms with van der Waals surface area (Å²) in [6, 6.07) is 6.01. The van der Waals surface area contributed by atoms with Crippen LogP contribution < -0.4 is 16.0 Å². The van der Waals surface area contributed by atoms with Crippen molar-refractivity contribution in [2.75, 3.05) is 25.5 Å². The number of nitrogens with two attached hydrogens (primary N) is 1. The van der Waals surface area contributed by atoms with E-state index in [4.69, 9.17) is 0 Å². The third kappa shape index (κ3) is 4.66. The number of hydrogen-bond donors (Lipinski definition) is 3. The third-order valence-corrected chi connectivity index (χ3v) is 3.13. The molecule has 0 unspecified atom stereocenters. The van der Waals surface area contributed by atoms with Crippen LogP contribution in [0.25, 0.3) is 0 Å². The van der Waals surface area contributed by atoms with Crippen LogP contribution in [-0.4, -0.2) is 32.0 Å². The highest BCUT2D eigenvalue weighted by atomic mass is 16.2. The van der Waals surface area contributed by atoms with Crippen molar-refractivity contribution in [2.24, 2.45) is 0 Å². The number of anilines is 1. The summed E-state index contributed by atoms with van der Waals surface area (Å²) in [6.07, 6.45) is 0. The lowest BCUT2D eigenvalue weighted by molar-refractivity contribution is -0.632. The molecule has 20 heavy (non-hydrogen) atoms. The van der Waals surface area contributed by atoms with E-state index in [1.807, 2.05) is 25.1 Å². The fraction of sp³-hybridized carbons (Fsp3) is 0.467. The first-order valence-corrected chi connectivity index (χ1v) is 6.87. The molecule has 5 heteroatoms. The number of para-hydroxylation sites is 1. The molecule has 0 aliphatic heterocycles. The summed E-state index contributed by atoms with van der Waals surface area (Å²) >= 11 is 0. The molecule has 0 saturated carbocycles. The van der Waals surface area contributed by atoms with E-state index in [2.05, 4.69) is 24.5 Å². The van der Waals surface area contributed by atoms with Crippen molar-refractivity contribution in [1.29, 1.82) is 0 Å². The molecule has 0 saturated heterocycles. The summed E-state index contributed by atoms with van der Waals surface area (Å²) in [5.74, 6) is 0.168. The molecule has 1 aromatic carbocycles. The molecule has 1 rings (SSSR count). The van der Waals surface area contributed by atoms with Gasteiger partial charge in [0.25, 0.3) is 11.8 Å². The van der Waals surface area contributed by atoms with Crippen LogP contribution >= 0.6 is 0 Å². The average Bonchev–Trinajstić information content (AvgIpc) is 2.40. The fourth-order valence-corrected chi connectivity index (χ4v) is 1.97. The zero-order chi connectivity index (χ0) is 15.1. The summed E-state index contributed by atoms with van der Waals surface area (Å²) in [6.45, 7) is 6.67. The van der Waals surface area contributed by atoms with Crippen LogP contribution in [0.15, 0.2) is 18.2 Å². The topological polar surface area (TPSA) is 74.8 Å². The molecule has 0 aromatic heterocycles. The van der Waals surface area contributed by atoms with Gasteiger partial charge in [-0.1, -0.05) is 32.0 Å². The van der Waals surface area contributed by atoms with Crippen LogP contribution in [-0.2, 0) is 9.59 Å². The minimum atomic E-state index is -0.0925. The van der Waals surface area contributed by atoms with Gasteiger partial charge in [0.1, 0.15) is 0 Å². The number of amides is 2. The van der Waals surface area contributed by atoms with Gasteiger partial charge in [0.2, 0.25) is 0 Å². The number of hydrogen-bond acceptors (Lipinski definition) is 2. The van der Waals surface area contributed by atoms with Crippen LogP contribution in [0.1, 0.15) is 30.9 Å². The van der Waals surface area contributed by atoms with Crippen LogP contribution in [0.5, 0.6) is 0 Å². The Hall–Kier alpha value is -1.88. The second kappa shape index (κ2) is 7.65. The minimum absolute atomic E-state index is 0.0865. The predicted octanol–water partition coefficient (Wildman–Crippen LogP) is 0.366. The van der Waals surface area contributed by atoms with Crippen molar-refractivity contribution in [1.82, 2.24) is 5.32 Å². The molecule has 1 aromatic rings. The van der Waals surface area contributed by atoms with Crippen LogP contribution in [0.4, 0.5) is 5.69 Å². The molecule has 4 N–H and O–H groups in total. The molecule has 0 bridgehead atoms. The molecule has 0 fully saturated rings. The Kier molecular flexibility index (Phi) is 6.18. The zero-order valence-corrected chi connectivity index (χ0v) is 12.6. The van der Waals surface area contributed by atoms with Crippen LogP contribution in [0, 0.1) is 6.92 Å². The van der Waals surface area contributed by atoms with E-state index in [1.54, 1.807) is 12.4 Å². The Labute approximate surface area is 120 Å². The number of likely N-dealkylation sites (N-methyl/N-ethyl adjacent to an activating group) is 1. The first-order valence-electron chi connectivity index (χ1n) is 6.87. The van der Waals surface area contributed by atoms with Gasteiger partial charge in [0, 0.05) is 12.7 Å². The van der Waals surface area contributed by atoms with Crippen molar-refractivity contribution >= 4 is 17.5 Å². The van der Waals surface area contributed by atoms with E-state index in [9.17, 15) is 9.59 Å². The minimum Gasteiger partial charge on any atom is -0.354 e. The number of nitrogens with one attached hydrogen (secondary N) is 2. The van der Waals surface area contributed by atoms with Crippen molar-refractivity contribution in [3.63, 3.8) is 0 Å². The Balaban J connectivity index is 2.64. The molecule has 2 amide bonds. The van der Waals surface area contributed by atoms with Gasteiger partial charge in [0.15, 0.2) is 13.1 Å². The van der Waals surface area contributed by atoms with Gasteiger partial charge in [-0.15, -0.1) is 0 Å². The van der Waals surface area contributed by atoms with Gasteiger partial charge in [0.05, 0.1) is 0 Å². The van der Waals surface area contributed by atoms with E-state index in [-0.39, 0.29) is 24.9 Å². The number of benzene rings is 1. The standard InChI is InChI=1S/C15H23N3O2/c1-10(2)12-7-5-6-11(3)15(12)18-14(20)9-17-8-13(19)16-4/h5-7,10,17H,8-9H2,1-4H3,(H,16,19)(H,18,20)/p+1. The van der Waals surface area contributed by atoms with Crippen molar-refractivity contribution in [2.45, 2.75) is 26.7 Å². The number of carbonyl (C=O) groups is 2. The second-order valence-corrected chi connectivity index (χ2v) is 5.11. The van der Waals surface area contributed by atoms with E-state index in [1.165, 1.54) is 0 Å². The molecule has 0 atom stereocenters. The average molecular weight is 278 g/mol. The molecule has 0 heterocycles. The Bertz CT molecular complexity index is 484. The highest BCUT2D eigenvalue weighted by Gasteiger charge is 2.13. The van der Waals surface area contributed by atoms with Gasteiger partial charge >= 0.3 is 0 Å². The molecular weight excluding hydrogens is 254 g/mol. The van der Waals surface area contributed by atoms with E-state index < -0.39 is 0 Å². The van der Waals surface area contributed by atoms with Gasteiger partial charge in [-0.2, -0.15) is 0 Å². The lowest BCUT2D eigenvalue weighted by Crippen LogP contribution is -2.88. The lowest BCUT2D eigenvalue weighted by atomic mass is 9.98. The number of quaternary nitrogens is 1. The van der Waals surface area contributed by atoms with E-state index in [0.717, 1.165) is 16.8 Å². The monoisotopic (exact) mass is 278 g/mol. The third-order valence-electron chi connectivity index (χ3n) is 3.13. The maximum absolute atomic E-state index is 11.9. The summed E-state index contributed by atoms with van der Waals surface area (Å²) in [7, 11) is 1.58. The SMILES string of the molecule is CNC(=O)C[NH2+]CC(=O)Nc1c(C)cccc1C(C)C. The van der Waals surface area contributed by atoms with Gasteiger partial charge in [-0.05, 0) is 24.0 Å². The Morgan fingerprint density at radius 2 is 1.85 bits per heavy atom. The van der Waals surface area contributed by atoms with Gasteiger partial charge in [-0.3, -0.25) is 9.59 Å². The molecule has 0 aliphatic carbocycles. The molecular formula is C15H24N3O2+. The number of carbonyl (C=O) groups excluding carboxylic acids is 2. The molecule has 110 valence electrons. The fourth-order valence-electron chi connectivity index (χ4n) is 1.97. The smallest absolute Gasteiger partial charge is 0.279 e. The first kappa shape index (κ1) is 16.2. The number of rotatable bonds is 6. The van der Waals surface area contributed by atoms with Crippen molar-refractivity contribution in [3.8, 4) is 0 Å². The Morgan fingerprint density at radius 1 is 1.20 bits per heavy atom. The number of aryl methyl sites for hydroxylation is 1. The predicted molar refractivity (Wildman–Crippen MR) is 79.6 cm³/mol. The lowest BCUT2D eigenvalue weighted by Gasteiger charge is -2.16. The Morgan fingerprint density at radius 3 is 2.45 bits per heavy atom. The van der Waals surface area contributed by atoms with E-state index >= 15 is 0 Å². The van der Waals surface area contributed by atoms with Crippen LogP contribution in [0.2, 0.25) is 0 Å². The van der Waals surface area contributed by atoms with Crippen molar-refractivity contribution < 1.29 is 14.9 Å². The maximum Gasteiger partial charge on any atom is 0.279 e. The summed E-state index contributed by atoms with van der Waals surface area (Å²) < 4.78 is 0. The van der Waals surface area contributed by atoms with E-state index in [0.29, 0.717) is 5.92 Å². The first-order chi connectivity index (χ1) is 9.45. The normalized spacial score (nSPS) is 10.4. The van der Waals surface area contributed by atoms with Gasteiger partial charge < -0.3 is 16.0 Å². The largest absolute Gasteiger partial charge is 0.354 e. The molecule has 0 radical (unpaired) electrons. The zero-order valence-electron chi connectivity index (χ0n) is 12.6. The second-order valence-electron chi connectivity index (χ2n) is 5.11. The highest BCUT2D eigenvalue weighted by molar-refractivity contribution is 5.93. The van der Waals surface area contributed by atoms with Gasteiger partial charge in [-0.25, -0.2) is 0 Å². The summed E-state index contributed by atoms with van der Waals surface area (Å²) in [5, 5.41) is 7.15. The summed E-state index contributed by atoms with van der Waals surface area (Å²) in [5.41, 5.74) is 3.07. The molecule has 0 spiro atoms. The maximum atomic E-state index is 11.9. The molecule has 0 aliphatic rings.